The number of carboxylic acids is 1. The number of carbonyl (C=O) groups excluding carboxylic acids is 1. The van der Waals surface area contributed by atoms with Crippen LogP contribution in [0.15, 0.2) is 12.2 Å². The van der Waals surface area contributed by atoms with Crippen LogP contribution < -0.4 is 5.11 Å². The van der Waals surface area contributed by atoms with Gasteiger partial charge in [0.25, 0.3) is 0 Å². The predicted molar refractivity (Wildman–Crippen MR) is 56.6 cm³/mol. The second-order valence-electron chi connectivity index (χ2n) is 4.20. The molecule has 0 radical (unpaired) electrons. The van der Waals surface area contributed by atoms with Gasteiger partial charge in [-0.3, -0.25) is 0 Å². The van der Waals surface area contributed by atoms with Gasteiger partial charge in [0.15, 0.2) is 0 Å². The minimum atomic E-state index is -5.19. The molecule has 17 heavy (non-hydrogen) atoms. The summed E-state index contributed by atoms with van der Waals surface area (Å²) in [4.78, 5) is 8.78. The number of rotatable bonds is 3. The summed E-state index contributed by atoms with van der Waals surface area (Å²) in [5.41, 5.74) is 1.18. The summed E-state index contributed by atoms with van der Waals surface area (Å²) in [5, 5.41) is 8.78. The maximum absolute atomic E-state index is 10.5. The van der Waals surface area contributed by atoms with Crippen molar-refractivity contribution in [2.75, 3.05) is 27.2 Å². The number of carbonyl (C=O) groups is 1. The normalized spacial score (nSPS) is 10.9. The van der Waals surface area contributed by atoms with Gasteiger partial charge in [0.05, 0.1) is 14.1 Å². The smallest absolute Gasteiger partial charge is 0.430 e. The largest absolute Gasteiger partial charge is 0.542 e. The van der Waals surface area contributed by atoms with Gasteiger partial charge in [0.2, 0.25) is 0 Å². The van der Waals surface area contributed by atoms with Gasteiger partial charge in [-0.05, 0) is 18.4 Å². The van der Waals surface area contributed by atoms with Crippen molar-refractivity contribution in [3.05, 3.63) is 12.2 Å². The average molecular weight is 251 g/mol. The number of likely N-dealkylation sites (N-methyl/N-ethyl adjacent to an activating group) is 1. The zero-order chi connectivity index (χ0) is 14.3. The fraction of sp³-hybridized carbons (Fsp3) is 0.545. The first-order valence-electron chi connectivity index (χ1n) is 4.60. The van der Waals surface area contributed by atoms with Gasteiger partial charge in [0.1, 0.15) is 19.1 Å². The van der Waals surface area contributed by atoms with Crippen LogP contribution >= 0.6 is 0 Å². The van der Waals surface area contributed by atoms with Crippen LogP contribution in [0, 0.1) is 12.3 Å². The lowest BCUT2D eigenvalue weighted by atomic mass is 10.3. The number of carboxylic acid groups (broad SMARTS) is 1. The van der Waals surface area contributed by atoms with Crippen molar-refractivity contribution in [2.45, 2.75) is 13.1 Å². The van der Waals surface area contributed by atoms with Crippen LogP contribution in [0.5, 0.6) is 0 Å². The second-order valence-corrected chi connectivity index (χ2v) is 4.20. The van der Waals surface area contributed by atoms with E-state index in [-0.39, 0.29) is 0 Å². The van der Waals surface area contributed by atoms with E-state index in [1.807, 2.05) is 6.92 Å². The molecule has 0 aliphatic heterocycles. The monoisotopic (exact) mass is 251 g/mol. The molecule has 0 amide bonds. The Balaban J connectivity index is 0. The van der Waals surface area contributed by atoms with Crippen molar-refractivity contribution in [2.24, 2.45) is 0 Å². The molecule has 0 spiro atoms. The number of hydrogen-bond donors (Lipinski definition) is 0. The van der Waals surface area contributed by atoms with Crippen LogP contribution in [-0.4, -0.2) is 43.8 Å². The van der Waals surface area contributed by atoms with Crippen LogP contribution in [0.4, 0.5) is 13.2 Å². The Morgan fingerprint density at radius 2 is 1.82 bits per heavy atom. The second kappa shape index (κ2) is 6.97. The van der Waals surface area contributed by atoms with E-state index < -0.39 is 12.1 Å². The topological polar surface area (TPSA) is 40.1 Å². The summed E-state index contributed by atoms with van der Waals surface area (Å²) in [6.07, 6.45) is 0.000623. The van der Waals surface area contributed by atoms with Gasteiger partial charge < -0.3 is 14.4 Å². The summed E-state index contributed by atoms with van der Waals surface area (Å²) < 4.78 is 32.4. The number of nitrogens with zero attached hydrogens (tertiary/aromatic N) is 1. The van der Waals surface area contributed by atoms with Crippen molar-refractivity contribution in [3.63, 3.8) is 0 Å². The fourth-order valence-electron chi connectivity index (χ4n) is 1.03. The van der Waals surface area contributed by atoms with Crippen molar-refractivity contribution < 1.29 is 27.6 Å². The standard InChI is InChI=1S/C9H16N.C2HF3O2/c1-6-7-10(4,5)8-9(2)3;3-2(4,5)1(6)7/h1H,2,7-8H2,3-5H3;(H,6,7)/q+1;/p-1. The number of hydrogen-bond acceptors (Lipinski definition) is 2. The van der Waals surface area contributed by atoms with E-state index in [2.05, 4.69) is 26.6 Å². The van der Waals surface area contributed by atoms with Gasteiger partial charge in [-0.25, -0.2) is 0 Å². The summed E-state index contributed by atoms with van der Waals surface area (Å²) in [7, 11) is 4.21. The predicted octanol–water partition coefficient (Wildman–Crippen LogP) is 0.571. The fourth-order valence-corrected chi connectivity index (χ4v) is 1.03. The van der Waals surface area contributed by atoms with Crippen LogP contribution in [0.3, 0.4) is 0 Å². The highest BCUT2D eigenvalue weighted by Gasteiger charge is 2.28. The van der Waals surface area contributed by atoms with E-state index in [1.165, 1.54) is 5.57 Å². The Bertz CT molecular complexity index is 314. The molecule has 0 bridgehead atoms. The molecule has 0 aromatic heterocycles. The van der Waals surface area contributed by atoms with Gasteiger partial charge >= 0.3 is 6.18 Å². The highest BCUT2D eigenvalue weighted by Crippen LogP contribution is 2.11. The van der Waals surface area contributed by atoms with E-state index in [4.69, 9.17) is 16.3 Å². The van der Waals surface area contributed by atoms with E-state index in [0.29, 0.717) is 0 Å². The molecule has 0 aliphatic carbocycles. The zero-order valence-corrected chi connectivity index (χ0v) is 10.1. The van der Waals surface area contributed by atoms with Gasteiger partial charge in [-0.2, -0.15) is 13.2 Å². The van der Waals surface area contributed by atoms with Crippen molar-refractivity contribution in [1.82, 2.24) is 0 Å². The third-order valence-corrected chi connectivity index (χ3v) is 1.45. The minimum Gasteiger partial charge on any atom is -0.542 e. The van der Waals surface area contributed by atoms with Gasteiger partial charge in [-0.15, -0.1) is 6.42 Å². The Hall–Kier alpha value is -1.48. The quantitative estimate of drug-likeness (QED) is 0.418. The third-order valence-electron chi connectivity index (χ3n) is 1.45. The Labute approximate surface area is 99.1 Å². The van der Waals surface area contributed by atoms with Crippen molar-refractivity contribution in [1.29, 1.82) is 0 Å². The van der Waals surface area contributed by atoms with Crippen molar-refractivity contribution in [3.8, 4) is 12.3 Å². The Morgan fingerprint density at radius 3 is 2.00 bits per heavy atom. The lowest BCUT2D eigenvalue weighted by Gasteiger charge is -2.27. The molecule has 0 heterocycles. The average Bonchev–Trinajstić information content (AvgIpc) is 1.99. The first-order valence-corrected chi connectivity index (χ1v) is 4.60. The third kappa shape index (κ3) is 12.5. The van der Waals surface area contributed by atoms with Gasteiger partial charge in [-0.1, -0.05) is 6.58 Å². The molecule has 0 fully saturated rings. The lowest BCUT2D eigenvalue weighted by molar-refractivity contribution is -0.878. The first-order chi connectivity index (χ1) is 7.42. The number of terminal acetylenes is 1. The van der Waals surface area contributed by atoms with Crippen LogP contribution in [0.25, 0.3) is 0 Å². The lowest BCUT2D eigenvalue weighted by Crippen LogP contribution is -2.40. The molecule has 0 aliphatic rings. The highest BCUT2D eigenvalue weighted by atomic mass is 19.4. The Kier molecular flexibility index (Phi) is 7.33. The van der Waals surface area contributed by atoms with E-state index >= 15 is 0 Å². The number of halogens is 3. The summed E-state index contributed by atoms with van der Waals surface area (Å²) in [5.74, 6) is -0.362. The molecule has 0 unspecified atom stereocenters. The molecular formula is C11H16F3NO2. The summed E-state index contributed by atoms with van der Waals surface area (Å²) >= 11 is 0. The molecule has 0 rings (SSSR count). The SMILES string of the molecule is C#CC[N+](C)(C)CC(=C)C.O=C([O-])C(F)(F)F. The highest BCUT2D eigenvalue weighted by molar-refractivity contribution is 5.70. The molecule has 6 heteroatoms. The maximum atomic E-state index is 10.5. The zero-order valence-electron chi connectivity index (χ0n) is 10.1. The summed E-state index contributed by atoms with van der Waals surface area (Å²) in [6.45, 7) is 7.60. The molecule has 0 N–H and O–H groups in total. The molecular weight excluding hydrogens is 235 g/mol. The molecule has 98 valence electrons. The molecule has 0 aromatic rings. The van der Waals surface area contributed by atoms with Crippen molar-refractivity contribution >= 4 is 5.97 Å². The number of quaternary nitrogens is 1. The van der Waals surface area contributed by atoms with E-state index in [0.717, 1.165) is 17.6 Å². The maximum Gasteiger partial charge on any atom is 0.430 e. The molecule has 0 atom stereocenters. The minimum absolute atomic E-state index is 0.771. The van der Waals surface area contributed by atoms with Crippen LogP contribution in [0.1, 0.15) is 6.92 Å². The van der Waals surface area contributed by atoms with Crippen LogP contribution in [-0.2, 0) is 4.79 Å². The Morgan fingerprint density at radius 1 is 1.47 bits per heavy atom. The molecule has 0 aromatic carbocycles. The summed E-state index contributed by atoms with van der Waals surface area (Å²) in [6, 6.07) is 0. The van der Waals surface area contributed by atoms with E-state index in [1.54, 1.807) is 0 Å². The van der Waals surface area contributed by atoms with Gasteiger partial charge in [0, 0.05) is 0 Å². The molecule has 0 saturated heterocycles. The van der Waals surface area contributed by atoms with E-state index in [9.17, 15) is 13.2 Å². The molecule has 3 nitrogen and oxygen atoms in total. The van der Waals surface area contributed by atoms with Crippen LogP contribution in [0.2, 0.25) is 0 Å². The molecule has 0 saturated carbocycles. The number of alkyl halides is 3. The first kappa shape index (κ1) is 17.9. The number of aliphatic carboxylic acids is 1.